The Labute approximate surface area is 265 Å². The predicted octanol–water partition coefficient (Wildman–Crippen LogP) is 13.2. The molecule has 8 aromatic rings. The van der Waals surface area contributed by atoms with Gasteiger partial charge in [-0.25, -0.2) is 0 Å². The van der Waals surface area contributed by atoms with E-state index in [1.165, 1.54) is 74.0 Å². The van der Waals surface area contributed by atoms with Crippen molar-refractivity contribution in [2.75, 3.05) is 4.90 Å². The van der Waals surface area contributed by atoms with Gasteiger partial charge >= 0.3 is 0 Å². The Morgan fingerprint density at radius 1 is 0.545 bits per heavy atom. The Hall–Kier alpha value is -4.96. The summed E-state index contributed by atoms with van der Waals surface area (Å²) in [5.41, 5.74) is 7.11. The zero-order valence-electron chi connectivity index (χ0n) is 24.3. The Bertz CT molecular complexity index is 2350. The molecule has 0 bridgehead atoms. The number of hydrogen-bond acceptors (Lipinski definition) is 3. The van der Waals surface area contributed by atoms with Gasteiger partial charge in [-0.2, -0.15) is 0 Å². The first kappa shape index (κ1) is 26.7. The lowest BCUT2D eigenvalue weighted by molar-refractivity contribution is 1.32. The average molecular weight is 600 g/mol. The average Bonchev–Trinajstić information content (AvgIpc) is 3.65. The molecular weight excluding hydrogens is 571 g/mol. The predicted molar refractivity (Wildman–Crippen MR) is 197 cm³/mol. The first-order chi connectivity index (χ1) is 21.7. The lowest BCUT2D eigenvalue weighted by atomic mass is 10.0. The monoisotopic (exact) mass is 599 g/mol. The summed E-state index contributed by atoms with van der Waals surface area (Å²) in [6.45, 7) is 6.25. The highest BCUT2D eigenvalue weighted by atomic mass is 32.1. The van der Waals surface area contributed by atoms with Gasteiger partial charge in [-0.15, -0.1) is 22.7 Å². The summed E-state index contributed by atoms with van der Waals surface area (Å²) in [6, 6.07) is 46.3. The number of rotatable bonds is 6. The summed E-state index contributed by atoms with van der Waals surface area (Å²) in [7, 11) is 0. The van der Waals surface area contributed by atoms with Crippen LogP contribution in [0.1, 0.15) is 17.4 Å². The third kappa shape index (κ3) is 4.28. The maximum atomic E-state index is 4.18. The summed E-state index contributed by atoms with van der Waals surface area (Å²) >= 11 is 3.73. The summed E-state index contributed by atoms with van der Waals surface area (Å²) in [4.78, 5) is 3.69. The van der Waals surface area contributed by atoms with Crippen molar-refractivity contribution in [2.24, 2.45) is 0 Å². The molecule has 0 spiro atoms. The van der Waals surface area contributed by atoms with Crippen LogP contribution in [-0.2, 0) is 0 Å². The van der Waals surface area contributed by atoms with Crippen molar-refractivity contribution in [1.82, 2.24) is 0 Å². The maximum Gasteiger partial charge on any atom is 0.0640 e. The second-order valence-electron chi connectivity index (χ2n) is 10.9. The SMILES string of the molecule is C=Cc1c(/C=C\C)sc2c(N(c3ccc(-c4ccccc4)cc3)c3cccc4c3sc3c5ccccc5ccc43)cccc12. The van der Waals surface area contributed by atoms with E-state index in [0.717, 1.165) is 5.69 Å². The summed E-state index contributed by atoms with van der Waals surface area (Å²) in [6.07, 6.45) is 6.30. The molecule has 2 heterocycles. The van der Waals surface area contributed by atoms with Crippen LogP contribution in [-0.4, -0.2) is 0 Å². The largest absolute Gasteiger partial charge is 0.308 e. The van der Waals surface area contributed by atoms with Gasteiger partial charge in [-0.1, -0.05) is 122 Å². The van der Waals surface area contributed by atoms with E-state index in [4.69, 9.17) is 0 Å². The first-order valence-corrected chi connectivity index (χ1v) is 16.5. The van der Waals surface area contributed by atoms with Gasteiger partial charge in [-0.3, -0.25) is 0 Å². The summed E-state index contributed by atoms with van der Waals surface area (Å²) in [5.74, 6) is 0. The molecule has 0 unspecified atom stereocenters. The minimum Gasteiger partial charge on any atom is -0.308 e. The van der Waals surface area contributed by atoms with Crippen molar-refractivity contribution < 1.29 is 0 Å². The Morgan fingerprint density at radius 3 is 1.93 bits per heavy atom. The third-order valence-corrected chi connectivity index (χ3v) is 10.9. The summed E-state index contributed by atoms with van der Waals surface area (Å²) in [5, 5.41) is 6.42. The molecule has 8 rings (SSSR count). The topological polar surface area (TPSA) is 3.24 Å². The lowest BCUT2D eigenvalue weighted by Gasteiger charge is -2.27. The van der Waals surface area contributed by atoms with Crippen LogP contribution in [0.4, 0.5) is 17.1 Å². The number of anilines is 3. The minimum absolute atomic E-state index is 1.13. The van der Waals surface area contributed by atoms with Gasteiger partial charge in [0, 0.05) is 31.4 Å². The molecule has 0 radical (unpaired) electrons. The summed E-state index contributed by atoms with van der Waals surface area (Å²) < 4.78 is 3.88. The molecule has 3 heteroatoms. The fourth-order valence-corrected chi connectivity index (χ4v) is 8.95. The van der Waals surface area contributed by atoms with Crippen LogP contribution in [0.5, 0.6) is 0 Å². The van der Waals surface area contributed by atoms with Crippen LogP contribution < -0.4 is 4.90 Å². The van der Waals surface area contributed by atoms with Gasteiger partial charge in [0.1, 0.15) is 0 Å². The van der Waals surface area contributed by atoms with Crippen LogP contribution in [0.25, 0.3) is 64.3 Å². The van der Waals surface area contributed by atoms with E-state index in [1.54, 1.807) is 0 Å². The number of nitrogens with zero attached hydrogens (tertiary/aromatic N) is 1. The molecule has 2 aromatic heterocycles. The van der Waals surface area contributed by atoms with E-state index in [0.29, 0.717) is 0 Å². The molecule has 210 valence electrons. The van der Waals surface area contributed by atoms with Gasteiger partial charge < -0.3 is 4.90 Å². The molecule has 6 aromatic carbocycles. The first-order valence-electron chi connectivity index (χ1n) is 14.8. The van der Waals surface area contributed by atoms with Crippen molar-refractivity contribution in [1.29, 1.82) is 0 Å². The second kappa shape index (κ2) is 10.9. The number of fused-ring (bicyclic) bond motifs is 6. The van der Waals surface area contributed by atoms with Crippen molar-refractivity contribution in [3.8, 4) is 11.1 Å². The van der Waals surface area contributed by atoms with Gasteiger partial charge in [0.2, 0.25) is 0 Å². The van der Waals surface area contributed by atoms with Gasteiger partial charge in [-0.05, 0) is 64.7 Å². The Balaban J connectivity index is 1.41. The van der Waals surface area contributed by atoms with Crippen molar-refractivity contribution >= 4 is 92.9 Å². The molecule has 0 saturated carbocycles. The zero-order valence-corrected chi connectivity index (χ0v) is 26.0. The molecule has 44 heavy (non-hydrogen) atoms. The van der Waals surface area contributed by atoms with Crippen molar-refractivity contribution in [3.63, 3.8) is 0 Å². The van der Waals surface area contributed by atoms with Crippen molar-refractivity contribution in [3.05, 3.63) is 150 Å². The third-order valence-electron chi connectivity index (χ3n) is 8.37. The van der Waals surface area contributed by atoms with Crippen LogP contribution in [0.3, 0.4) is 0 Å². The van der Waals surface area contributed by atoms with Gasteiger partial charge in [0.15, 0.2) is 0 Å². The Morgan fingerprint density at radius 2 is 1.18 bits per heavy atom. The van der Waals surface area contributed by atoms with Crippen LogP contribution in [0.2, 0.25) is 0 Å². The zero-order chi connectivity index (χ0) is 29.6. The molecule has 0 aliphatic rings. The van der Waals surface area contributed by atoms with Gasteiger partial charge in [0.25, 0.3) is 0 Å². The molecule has 0 atom stereocenters. The fourth-order valence-electron chi connectivity index (χ4n) is 6.33. The minimum atomic E-state index is 1.13. The van der Waals surface area contributed by atoms with E-state index in [-0.39, 0.29) is 0 Å². The number of thiophene rings is 2. The standard InChI is InChI=1S/C41H29NS2/c1-3-12-38-31(4-2)33-17-10-19-36(40(33)43-38)42(30-24-21-28(22-25-30)27-13-6-5-7-14-27)37-20-11-18-34-35-26-23-29-15-8-9-16-32(29)39(35)44-41(34)37/h3-26H,2H2,1H3/b12-3-. The van der Waals surface area contributed by atoms with E-state index in [9.17, 15) is 0 Å². The van der Waals surface area contributed by atoms with E-state index in [1.807, 2.05) is 28.7 Å². The van der Waals surface area contributed by atoms with E-state index < -0.39 is 0 Å². The smallest absolute Gasteiger partial charge is 0.0640 e. The lowest BCUT2D eigenvalue weighted by Crippen LogP contribution is -2.10. The number of hydrogen-bond donors (Lipinski definition) is 0. The van der Waals surface area contributed by atoms with Crippen LogP contribution in [0.15, 0.2) is 140 Å². The molecule has 0 saturated heterocycles. The van der Waals surface area contributed by atoms with Crippen molar-refractivity contribution in [2.45, 2.75) is 6.92 Å². The Kier molecular flexibility index (Phi) is 6.63. The molecule has 0 aliphatic carbocycles. The number of benzene rings is 6. The van der Waals surface area contributed by atoms with E-state index >= 15 is 0 Å². The second-order valence-corrected chi connectivity index (χ2v) is 13.0. The van der Waals surface area contributed by atoms with Gasteiger partial charge in [0.05, 0.1) is 20.8 Å². The molecular formula is C41H29NS2. The quantitative estimate of drug-likeness (QED) is 0.184. The van der Waals surface area contributed by atoms with Crippen LogP contribution >= 0.6 is 22.7 Å². The normalized spacial score (nSPS) is 11.8. The molecule has 1 nitrogen and oxygen atoms in total. The molecule has 0 amide bonds. The molecule has 0 N–H and O–H groups in total. The van der Waals surface area contributed by atoms with E-state index in [2.05, 4.69) is 158 Å². The number of allylic oxidation sites excluding steroid dienone is 1. The molecule has 0 fully saturated rings. The highest BCUT2D eigenvalue weighted by Gasteiger charge is 2.22. The fraction of sp³-hybridized carbons (Fsp3) is 0.0244. The molecule has 0 aliphatic heterocycles. The maximum absolute atomic E-state index is 4.18. The highest BCUT2D eigenvalue weighted by Crippen LogP contribution is 2.49. The van der Waals surface area contributed by atoms with Crippen LogP contribution in [0, 0.1) is 0 Å². The highest BCUT2D eigenvalue weighted by molar-refractivity contribution is 7.27.